The topological polar surface area (TPSA) is 534 Å². The summed E-state index contributed by atoms with van der Waals surface area (Å²) < 4.78 is 24.5. The van der Waals surface area contributed by atoms with Gasteiger partial charge in [-0.1, -0.05) is 236 Å². The molecule has 12 rings (SSSR count). The summed E-state index contributed by atoms with van der Waals surface area (Å²) in [6, 6.07) is 59.5. The number of aromatic hydroxyl groups is 1. The Balaban J connectivity index is 0.000000243. The van der Waals surface area contributed by atoms with Crippen LogP contribution in [0.15, 0.2) is 186 Å². The number of amidine groups is 1. The Morgan fingerprint density at radius 3 is 1.16 bits per heavy atom. The van der Waals surface area contributed by atoms with Gasteiger partial charge in [0.2, 0.25) is 25.0 Å². The number of phenolic OH excluding ortho intramolecular Hbond substituents is 1. The number of amides is 4. The minimum absolute atomic E-state index is 0. The van der Waals surface area contributed by atoms with Gasteiger partial charge in [0.05, 0.1) is 0 Å². The zero-order valence-corrected chi connectivity index (χ0v) is 90.7. The molecule has 0 saturated heterocycles. The predicted molar refractivity (Wildman–Crippen MR) is 595 cm³/mol. The molecule has 0 spiro atoms. The molecule has 24 N–H and O–H groups in total. The number of thioether (sulfide) groups is 1. The number of halogens is 4. The van der Waals surface area contributed by atoms with Crippen LogP contribution >= 0.6 is 70.5 Å². The molecule has 0 aliphatic heterocycles. The molecule has 746 valence electrons. The van der Waals surface area contributed by atoms with Crippen LogP contribution in [0, 0.1) is 17.3 Å². The second-order valence-electron chi connectivity index (χ2n) is 37.4. The molecule has 39 heteroatoms. The van der Waals surface area contributed by atoms with E-state index in [-0.39, 0.29) is 136 Å². The molecule has 3 heterocycles. The number of anilines is 6. The lowest BCUT2D eigenvalue weighted by Crippen LogP contribution is -2.43. The summed E-state index contributed by atoms with van der Waals surface area (Å²) in [4.78, 5) is 78.7. The van der Waals surface area contributed by atoms with E-state index in [2.05, 4.69) is 278 Å². The number of phenols is 1. The first-order valence-electron chi connectivity index (χ1n) is 45.4. The Kier molecular flexibility index (Phi) is 43.2. The molecule has 140 heavy (non-hydrogen) atoms. The summed E-state index contributed by atoms with van der Waals surface area (Å²) in [5.74, 6) is 6.81. The fraction of sp³-hybridized carbons (Fsp3) is 0.337. The number of fused-ring (bicyclic) bond motifs is 4. The van der Waals surface area contributed by atoms with Gasteiger partial charge in [-0.25, -0.2) is 34.7 Å². The zero-order chi connectivity index (χ0) is 102. The van der Waals surface area contributed by atoms with Crippen LogP contribution < -0.4 is 86.1 Å². The highest BCUT2D eigenvalue weighted by Crippen LogP contribution is 2.42. The lowest BCUT2D eigenvalue weighted by atomic mass is 10.0. The molecule has 0 aliphatic carbocycles. The highest BCUT2D eigenvalue weighted by Gasteiger charge is 2.41. The number of nitrogens with two attached hydrogens (primary N) is 9. The summed E-state index contributed by atoms with van der Waals surface area (Å²) in [7, 11) is -5.51. The van der Waals surface area contributed by atoms with Gasteiger partial charge < -0.3 is 85.4 Å². The minimum atomic E-state index is -1.88. The lowest BCUT2D eigenvalue weighted by Gasteiger charge is -2.36. The monoisotopic (exact) mass is 2140 g/mol. The molecule has 0 bridgehead atoms. The number of guanidine groups is 2. The summed E-state index contributed by atoms with van der Waals surface area (Å²) in [6.45, 7) is 36.3. The van der Waals surface area contributed by atoms with Crippen molar-refractivity contribution in [3.8, 4) is 34.8 Å². The first-order valence-corrected chi connectivity index (χ1v) is 56.4. The van der Waals surface area contributed by atoms with Crippen LogP contribution in [0.25, 0.3) is 43.1 Å². The summed E-state index contributed by atoms with van der Waals surface area (Å²) in [5.41, 5.74) is 55.6. The first kappa shape index (κ1) is 115. The highest BCUT2D eigenvalue weighted by atomic mass is 127. The lowest BCUT2D eigenvalue weighted by molar-refractivity contribution is 0.0964. The smallest absolute Gasteiger partial charge is 0.407 e. The van der Waals surface area contributed by atoms with Crippen molar-refractivity contribution < 1.29 is 42.3 Å². The number of ether oxygens (including phenoxy) is 1. The van der Waals surface area contributed by atoms with Gasteiger partial charge in [-0.2, -0.15) is 0 Å². The third-order valence-corrected chi connectivity index (χ3v) is 37.9. The standard InChI is InChI=1S/C28H33NO3Si.C26H36ClN7O2Si.C20H22ClN7O2.C20H31NOSi.C7H9ClN6OS.HI/c1-28(2,3)33(4,5)32-26-17-16-24-19-22(14-15-25(24)20-26)11-9-10-18-29-27(30)31-21-23-12-7-6-8-13-23;1-26(2,3)37(4,5)36-19-12-11-17-14-16(9-10-18(17)15-19)8-6-7-13-31-25(30)34-24(35)20-22(28)33-23(29)21(27)32-20;21-16-18(23)27-17(22)15(26-16)19(30)28-20(24)25-8-2-1-3-11-4-5-13-10-14(29)7-6-12(13)9-11;1-20(2,3)23(4,5)22-19-12-11-17-14-16(8-6-7-13-21)9-10-18(17)15-19;1-16-7(11)14-6(15)2-4(9)13-5(10)3(8)12-2;/h6-8,12-17,19-20H,10,18,21H2,1-5H3,(H,29,30);9-12,14-15H,6-8,13H2,1-5H3,(H4,28,29,33)(H3,30,31,34,35);4-7,9-10,29H,1-3,8H2,(H4,22,23,27)(H3,24,25,28,30);9-12,14-15H,6-8,13,21H2,1-5H3;1H3,(H4,9,10,13)(H2,11,14,15);1H. The average molecular weight is 2150 g/mol. The molecule has 3 aromatic heterocycles. The minimum Gasteiger partial charge on any atom is -0.543 e. The maximum absolute atomic E-state index is 12.3. The predicted octanol–water partition coefficient (Wildman–Crippen LogP) is 20.5. The average Bonchev–Trinajstić information content (AvgIpc) is 0.798. The molecule has 0 radical (unpaired) electrons. The van der Waals surface area contributed by atoms with Gasteiger partial charge in [0.1, 0.15) is 29.6 Å². The summed E-state index contributed by atoms with van der Waals surface area (Å²) in [6.07, 6.45) is 10.4. The number of carbonyl (C=O) groups is 4. The number of unbranched alkanes of at least 4 members (excludes halogenated alkanes) is 3. The van der Waals surface area contributed by atoms with Crippen molar-refractivity contribution in [3.63, 3.8) is 0 Å². The first-order chi connectivity index (χ1) is 65.4. The van der Waals surface area contributed by atoms with Crippen LogP contribution in [0.3, 0.4) is 0 Å². The van der Waals surface area contributed by atoms with E-state index in [0.717, 1.165) is 126 Å². The zero-order valence-electron chi connectivity index (χ0n) is 82.3. The van der Waals surface area contributed by atoms with Crippen LogP contribution in [0.5, 0.6) is 23.0 Å². The van der Waals surface area contributed by atoms with E-state index in [1.165, 1.54) is 38.2 Å². The Labute approximate surface area is 859 Å². The molecule has 0 atom stereocenters. The number of hydrogen-bond acceptors (Lipinski definition) is 26. The molecular formula is C101H132Cl3IN22O9SSi3. The van der Waals surface area contributed by atoms with E-state index < -0.39 is 48.8 Å². The van der Waals surface area contributed by atoms with Crippen LogP contribution in [0.2, 0.25) is 69.9 Å². The number of alkyl carbamates (subject to hydrolysis) is 1. The fourth-order valence-electron chi connectivity index (χ4n) is 12.5. The van der Waals surface area contributed by atoms with Gasteiger partial charge >= 0.3 is 6.09 Å². The van der Waals surface area contributed by atoms with Crippen LogP contribution in [0.4, 0.5) is 39.7 Å². The Morgan fingerprint density at radius 2 is 0.786 bits per heavy atom. The maximum atomic E-state index is 12.3. The van der Waals surface area contributed by atoms with Gasteiger partial charge in [0.15, 0.2) is 84.5 Å². The van der Waals surface area contributed by atoms with E-state index in [1.807, 2.05) is 60.7 Å². The van der Waals surface area contributed by atoms with E-state index in [0.29, 0.717) is 26.1 Å². The normalized spacial score (nSPS) is 11.7. The van der Waals surface area contributed by atoms with Crippen molar-refractivity contribution >= 4 is 214 Å². The van der Waals surface area contributed by atoms with Crippen molar-refractivity contribution in [2.45, 2.75) is 188 Å². The molecule has 0 unspecified atom stereocenters. The van der Waals surface area contributed by atoms with Crippen LogP contribution in [0.1, 0.15) is 167 Å². The largest absolute Gasteiger partial charge is 0.543 e. The molecule has 0 fully saturated rings. The number of hydrogen-bond donors (Lipinski definition) is 15. The maximum Gasteiger partial charge on any atom is 0.407 e. The van der Waals surface area contributed by atoms with Crippen molar-refractivity contribution in [3.05, 3.63) is 236 Å². The number of aliphatic imine (C=N–C) groups is 2. The third-order valence-electron chi connectivity index (χ3n) is 23.5. The van der Waals surface area contributed by atoms with E-state index in [9.17, 15) is 24.3 Å². The molecule has 12 aromatic rings. The SMILES string of the molecule is CC(C)(C)[Si](C)(C)Oc1ccc2cc(C#CCCNC(=O)OCc3ccccc3)ccc2c1.CC(C)(C)[Si](C)(C)Oc1ccc2cc(CCCCN)ccc2c1.CC(C)(C)[Si](C)(C)Oc1ccc2cc(CCCCN=C(N)NC(=O)c3nc(Cl)c(N)nc3N)ccc2c1.CSC(=N)NC(=O)c1nc(Cl)c(N)nc1N.I.NC(=NCCCCc1ccc2cc(O)ccc2c1)NC(=O)c1nc(Cl)c(N)nc1N. The Hall–Kier alpha value is -12.3. The number of rotatable bonds is 27. The fourth-order valence-corrected chi connectivity index (χ4v) is 16.2. The van der Waals surface area contributed by atoms with Crippen molar-refractivity contribution in [1.82, 2.24) is 51.2 Å². The highest BCUT2D eigenvalue weighted by molar-refractivity contribution is 14.0. The number of nitrogen functional groups attached to an aromatic ring is 6. The molecule has 0 saturated carbocycles. The Bertz CT molecular complexity index is 6460. The number of benzene rings is 9. The van der Waals surface area contributed by atoms with Gasteiger partial charge in [-0.05, 0) is 251 Å². The molecule has 4 amide bonds. The third kappa shape index (κ3) is 35.8. The molecular weight excluding hydrogens is 2010 g/mol. The summed E-state index contributed by atoms with van der Waals surface area (Å²) in [5, 5.41) is 36.1. The van der Waals surface area contributed by atoms with Crippen LogP contribution in [-0.2, 0) is 30.6 Å². The van der Waals surface area contributed by atoms with Gasteiger partial charge in [-0.3, -0.25) is 40.4 Å². The van der Waals surface area contributed by atoms with E-state index in [1.54, 1.807) is 18.4 Å². The van der Waals surface area contributed by atoms with Gasteiger partial charge in [0, 0.05) is 31.6 Å². The van der Waals surface area contributed by atoms with E-state index in [4.69, 9.17) is 110 Å². The van der Waals surface area contributed by atoms with Crippen molar-refractivity contribution in [2.24, 2.45) is 27.2 Å². The molecule has 31 nitrogen and oxygen atoms in total. The van der Waals surface area contributed by atoms with Gasteiger partial charge in [0.25, 0.3) is 17.7 Å². The summed E-state index contributed by atoms with van der Waals surface area (Å²) >= 11 is 18.3. The van der Waals surface area contributed by atoms with Crippen molar-refractivity contribution in [1.29, 1.82) is 5.41 Å². The Morgan fingerprint density at radius 1 is 0.443 bits per heavy atom. The van der Waals surface area contributed by atoms with Crippen molar-refractivity contribution in [2.75, 3.05) is 66.8 Å². The number of carbonyl (C=O) groups excluding carboxylic acids is 4. The quantitative estimate of drug-likeness (QED) is 0.00568. The number of aromatic nitrogens is 6. The number of nitrogens with zero attached hydrogens (tertiary/aromatic N) is 8. The molecule has 0 aliphatic rings. The van der Waals surface area contributed by atoms with Crippen LogP contribution in [-0.4, -0.2) is 133 Å². The number of aryl methyl sites for hydroxylation is 3. The van der Waals surface area contributed by atoms with Gasteiger partial charge in [-0.15, -0.1) is 24.0 Å². The second kappa shape index (κ2) is 52.8. The number of nitrogens with one attached hydrogen (secondary N) is 5. The van der Waals surface area contributed by atoms with E-state index >= 15 is 0 Å². The molecule has 9 aromatic carbocycles. The second-order valence-corrected chi connectivity index (χ2v) is 53.5.